The van der Waals surface area contributed by atoms with E-state index in [1.54, 1.807) is 0 Å². The molecule has 4 unspecified atom stereocenters. The Labute approximate surface area is 157 Å². The van der Waals surface area contributed by atoms with Crippen LogP contribution in [0.1, 0.15) is 64.4 Å². The van der Waals surface area contributed by atoms with Crippen molar-refractivity contribution in [3.05, 3.63) is 35.9 Å². The number of nitrogens with zero attached hydrogens (tertiary/aromatic N) is 1. The third kappa shape index (κ3) is 2.07. The molecule has 6 atom stereocenters. The van der Waals surface area contributed by atoms with E-state index in [1.807, 2.05) is 0 Å². The molecule has 0 radical (unpaired) electrons. The number of piperidine rings is 1. The minimum Gasteiger partial charge on any atom is -0.339 e. The first kappa shape index (κ1) is 16.8. The monoisotopic (exact) mass is 352 g/mol. The Morgan fingerprint density at radius 3 is 2.65 bits per heavy atom. The zero-order valence-electron chi connectivity index (χ0n) is 16.2. The van der Waals surface area contributed by atoms with Crippen molar-refractivity contribution in [2.45, 2.75) is 76.3 Å². The number of carbonyl (C=O) groups is 1. The van der Waals surface area contributed by atoms with Crippen molar-refractivity contribution in [2.75, 3.05) is 6.54 Å². The van der Waals surface area contributed by atoms with E-state index < -0.39 is 0 Å². The second kappa shape index (κ2) is 5.34. The summed E-state index contributed by atoms with van der Waals surface area (Å²) in [7, 11) is 0. The van der Waals surface area contributed by atoms with Gasteiger partial charge >= 0.3 is 0 Å². The fourth-order valence-corrected chi connectivity index (χ4v) is 7.72. The van der Waals surface area contributed by atoms with Gasteiger partial charge in [-0.05, 0) is 74.2 Å². The minimum atomic E-state index is -0.137. The largest absolute Gasteiger partial charge is 0.339 e. The van der Waals surface area contributed by atoms with Gasteiger partial charge in [0.05, 0.1) is 5.41 Å². The van der Waals surface area contributed by atoms with Crippen LogP contribution in [0.25, 0.3) is 0 Å². The Morgan fingerprint density at radius 2 is 1.92 bits per heavy atom. The van der Waals surface area contributed by atoms with Crippen LogP contribution in [0.2, 0.25) is 0 Å². The smallest absolute Gasteiger partial charge is 0.229 e. The molecule has 2 N–H and O–H groups in total. The summed E-state index contributed by atoms with van der Waals surface area (Å²) in [6.45, 7) is 5.47. The summed E-state index contributed by atoms with van der Waals surface area (Å²) < 4.78 is 0. The van der Waals surface area contributed by atoms with Crippen LogP contribution in [0, 0.1) is 16.7 Å². The number of likely N-dealkylation sites (tertiary alicyclic amines) is 1. The van der Waals surface area contributed by atoms with E-state index in [4.69, 9.17) is 5.73 Å². The Kier molecular flexibility index (Phi) is 3.45. The second-order valence-electron chi connectivity index (χ2n) is 10.3. The molecule has 4 aliphatic carbocycles. The molecule has 140 valence electrons. The molecule has 1 amide bonds. The molecule has 3 heteroatoms. The van der Waals surface area contributed by atoms with Crippen LogP contribution >= 0.6 is 0 Å². The highest BCUT2D eigenvalue weighted by atomic mass is 16.2. The summed E-state index contributed by atoms with van der Waals surface area (Å²) in [6, 6.07) is 11.6. The van der Waals surface area contributed by atoms with Crippen LogP contribution in [0.3, 0.4) is 0 Å². The van der Waals surface area contributed by atoms with Crippen molar-refractivity contribution < 1.29 is 4.79 Å². The van der Waals surface area contributed by atoms with E-state index in [9.17, 15) is 4.79 Å². The first-order valence-corrected chi connectivity index (χ1v) is 10.5. The van der Waals surface area contributed by atoms with E-state index in [0.29, 0.717) is 11.8 Å². The first-order chi connectivity index (χ1) is 12.4. The lowest BCUT2D eigenvalue weighted by atomic mass is 9.63. The van der Waals surface area contributed by atoms with Crippen LogP contribution in [-0.4, -0.2) is 29.4 Å². The van der Waals surface area contributed by atoms with Crippen LogP contribution in [0.5, 0.6) is 0 Å². The summed E-state index contributed by atoms with van der Waals surface area (Å²) in [5.74, 6) is 1.17. The fourth-order valence-electron chi connectivity index (χ4n) is 7.72. The van der Waals surface area contributed by atoms with Gasteiger partial charge in [0, 0.05) is 18.6 Å². The molecular weight excluding hydrogens is 320 g/mol. The number of carbonyl (C=O) groups excluding carboxylic acids is 1. The molecule has 1 heterocycles. The normalized spacial score (nSPS) is 46.7. The maximum atomic E-state index is 14.0. The number of nitrogens with two attached hydrogens (primary N) is 1. The van der Waals surface area contributed by atoms with E-state index in [2.05, 4.69) is 49.1 Å². The zero-order chi connectivity index (χ0) is 18.2. The topological polar surface area (TPSA) is 46.3 Å². The van der Waals surface area contributed by atoms with E-state index in [0.717, 1.165) is 32.2 Å². The molecule has 4 bridgehead atoms. The van der Waals surface area contributed by atoms with Gasteiger partial charge in [0.25, 0.3) is 0 Å². The Hall–Kier alpha value is -1.35. The van der Waals surface area contributed by atoms with Gasteiger partial charge in [-0.1, -0.05) is 37.3 Å². The zero-order valence-corrected chi connectivity index (χ0v) is 16.2. The molecule has 0 spiro atoms. The second-order valence-corrected chi connectivity index (χ2v) is 10.3. The van der Waals surface area contributed by atoms with Crippen LogP contribution in [-0.2, 0) is 10.2 Å². The van der Waals surface area contributed by atoms with Gasteiger partial charge in [-0.3, -0.25) is 4.79 Å². The molecule has 1 saturated heterocycles. The molecule has 3 nitrogen and oxygen atoms in total. The number of hydrogen-bond donors (Lipinski definition) is 1. The lowest BCUT2D eigenvalue weighted by Crippen LogP contribution is -2.55. The summed E-state index contributed by atoms with van der Waals surface area (Å²) in [4.78, 5) is 16.2. The summed E-state index contributed by atoms with van der Waals surface area (Å²) >= 11 is 0. The average molecular weight is 353 g/mol. The lowest BCUT2D eigenvalue weighted by molar-refractivity contribution is -0.151. The highest BCUT2D eigenvalue weighted by Gasteiger charge is 2.73. The lowest BCUT2D eigenvalue weighted by Gasteiger charge is -2.46. The highest BCUT2D eigenvalue weighted by Crippen LogP contribution is 2.76. The standard InChI is InChI=1S/C23H32N2O/c1-16-10-19(24)8-9-25(16)20(26)23-13-17-11-21(23,2)14-22(12-17,15-23)18-6-4-3-5-7-18/h3-7,16-17,19H,8-15,24H2,1-2H3/t16?,17?,19?,21-,22-,23?/m1/s1. The van der Waals surface area contributed by atoms with Crippen LogP contribution in [0.4, 0.5) is 0 Å². The van der Waals surface area contributed by atoms with E-state index in [-0.39, 0.29) is 28.3 Å². The number of amides is 1. The molecular formula is C23H32N2O. The van der Waals surface area contributed by atoms with Crippen LogP contribution < -0.4 is 5.73 Å². The maximum absolute atomic E-state index is 14.0. The van der Waals surface area contributed by atoms with Gasteiger partial charge in [-0.2, -0.15) is 0 Å². The molecule has 1 aromatic rings. The van der Waals surface area contributed by atoms with Gasteiger partial charge < -0.3 is 10.6 Å². The van der Waals surface area contributed by atoms with Gasteiger partial charge in [0.1, 0.15) is 0 Å². The van der Waals surface area contributed by atoms with Crippen molar-refractivity contribution in [3.8, 4) is 0 Å². The number of benzene rings is 1. The molecule has 26 heavy (non-hydrogen) atoms. The van der Waals surface area contributed by atoms with Gasteiger partial charge in [-0.25, -0.2) is 0 Å². The predicted molar refractivity (Wildman–Crippen MR) is 104 cm³/mol. The third-order valence-electron chi connectivity index (χ3n) is 8.55. The van der Waals surface area contributed by atoms with Gasteiger partial charge in [-0.15, -0.1) is 0 Å². The summed E-state index contributed by atoms with van der Waals surface area (Å²) in [5.41, 5.74) is 7.89. The SMILES string of the molecule is CC1CC(N)CCN1C(=O)C12CC3C[C@](c4ccccc4)(C1)C[C@@]2(C)C3. The number of hydrogen-bond acceptors (Lipinski definition) is 2. The first-order valence-electron chi connectivity index (χ1n) is 10.5. The van der Waals surface area contributed by atoms with Gasteiger partial charge in [0.2, 0.25) is 5.91 Å². The minimum absolute atomic E-state index is 0.137. The molecule has 1 aromatic carbocycles. The fraction of sp³-hybridized carbons (Fsp3) is 0.696. The Morgan fingerprint density at radius 1 is 1.15 bits per heavy atom. The summed E-state index contributed by atoms with van der Waals surface area (Å²) in [6.07, 6.45) is 7.80. The number of rotatable bonds is 2. The van der Waals surface area contributed by atoms with Crippen molar-refractivity contribution in [3.63, 3.8) is 0 Å². The Bertz CT molecular complexity index is 733. The van der Waals surface area contributed by atoms with E-state index in [1.165, 1.54) is 24.8 Å². The maximum Gasteiger partial charge on any atom is 0.229 e. The average Bonchev–Trinajstić information content (AvgIpc) is 2.92. The highest BCUT2D eigenvalue weighted by molar-refractivity contribution is 5.86. The van der Waals surface area contributed by atoms with Crippen molar-refractivity contribution in [1.29, 1.82) is 0 Å². The molecule has 5 fully saturated rings. The molecule has 0 aromatic heterocycles. The van der Waals surface area contributed by atoms with Crippen molar-refractivity contribution in [2.24, 2.45) is 22.5 Å². The molecule has 1 aliphatic heterocycles. The Balaban J connectivity index is 1.52. The molecule has 5 aliphatic rings. The molecule has 4 saturated carbocycles. The van der Waals surface area contributed by atoms with Crippen molar-refractivity contribution >= 4 is 5.91 Å². The van der Waals surface area contributed by atoms with Crippen LogP contribution in [0.15, 0.2) is 30.3 Å². The third-order valence-corrected chi connectivity index (χ3v) is 8.55. The predicted octanol–water partition coefficient (Wildman–Crippen LogP) is 3.86. The summed E-state index contributed by atoms with van der Waals surface area (Å²) in [5, 5.41) is 0. The molecule has 6 rings (SSSR count). The van der Waals surface area contributed by atoms with Gasteiger partial charge in [0.15, 0.2) is 0 Å². The van der Waals surface area contributed by atoms with Crippen molar-refractivity contribution in [1.82, 2.24) is 4.90 Å². The quantitative estimate of drug-likeness (QED) is 0.878. The van der Waals surface area contributed by atoms with E-state index >= 15 is 0 Å².